The molecule has 3 rings (SSSR count). The van der Waals surface area contributed by atoms with Gasteiger partial charge < -0.3 is 10.1 Å². The zero-order valence-corrected chi connectivity index (χ0v) is 11.5. The first-order chi connectivity index (χ1) is 9.74. The van der Waals surface area contributed by atoms with Gasteiger partial charge in [-0.3, -0.25) is 0 Å². The van der Waals surface area contributed by atoms with Crippen molar-refractivity contribution in [2.24, 2.45) is 0 Å². The molecule has 3 heteroatoms. The lowest BCUT2D eigenvalue weighted by atomic mass is 10.1. The zero-order chi connectivity index (χ0) is 13.9. The maximum atomic E-state index is 13.2. The van der Waals surface area contributed by atoms with Crippen molar-refractivity contribution in [1.82, 2.24) is 0 Å². The Morgan fingerprint density at radius 1 is 1.25 bits per heavy atom. The molecule has 0 bridgehead atoms. The van der Waals surface area contributed by atoms with Crippen LogP contribution in [0.2, 0.25) is 0 Å². The highest BCUT2D eigenvalue weighted by atomic mass is 19.1. The Hall–Kier alpha value is -2.03. The van der Waals surface area contributed by atoms with Crippen molar-refractivity contribution in [3.8, 4) is 5.75 Å². The highest BCUT2D eigenvalue weighted by molar-refractivity contribution is 5.46. The molecule has 0 saturated heterocycles. The van der Waals surface area contributed by atoms with Gasteiger partial charge in [-0.25, -0.2) is 4.39 Å². The predicted molar refractivity (Wildman–Crippen MR) is 78.8 cm³/mol. The molecule has 2 aromatic rings. The smallest absolute Gasteiger partial charge is 0.123 e. The van der Waals surface area contributed by atoms with Gasteiger partial charge in [-0.05, 0) is 42.3 Å². The summed E-state index contributed by atoms with van der Waals surface area (Å²) in [7, 11) is 0. The van der Waals surface area contributed by atoms with Gasteiger partial charge in [-0.15, -0.1) is 0 Å². The molecule has 1 N–H and O–H groups in total. The van der Waals surface area contributed by atoms with E-state index in [2.05, 4.69) is 36.5 Å². The molecule has 20 heavy (non-hydrogen) atoms. The number of aryl methyl sites for hydroxylation is 1. The zero-order valence-electron chi connectivity index (χ0n) is 11.5. The molecule has 0 radical (unpaired) electrons. The first kappa shape index (κ1) is 13.0. The van der Waals surface area contributed by atoms with E-state index in [1.165, 1.54) is 11.6 Å². The van der Waals surface area contributed by atoms with E-state index >= 15 is 0 Å². The maximum absolute atomic E-state index is 13.2. The summed E-state index contributed by atoms with van der Waals surface area (Å²) in [6.45, 7) is 2.87. The fourth-order valence-corrected chi connectivity index (χ4v) is 2.54. The average molecular weight is 271 g/mol. The van der Waals surface area contributed by atoms with Crippen LogP contribution in [-0.2, 0) is 12.8 Å². The molecule has 2 nitrogen and oxygen atoms in total. The number of hydrogen-bond donors (Lipinski definition) is 1. The van der Waals surface area contributed by atoms with Crippen molar-refractivity contribution in [2.45, 2.75) is 25.9 Å². The van der Waals surface area contributed by atoms with Gasteiger partial charge in [0.05, 0.1) is 6.54 Å². The SMILES string of the molecule is CCc1cccc(NCC2Cc3cc(F)ccc3O2)c1. The number of nitrogens with one attached hydrogen (secondary N) is 1. The van der Waals surface area contributed by atoms with E-state index in [9.17, 15) is 4.39 Å². The van der Waals surface area contributed by atoms with Crippen LogP contribution in [0.1, 0.15) is 18.1 Å². The van der Waals surface area contributed by atoms with E-state index in [1.54, 1.807) is 12.1 Å². The first-order valence-electron chi connectivity index (χ1n) is 7.02. The van der Waals surface area contributed by atoms with Crippen LogP contribution < -0.4 is 10.1 Å². The van der Waals surface area contributed by atoms with Crippen LogP contribution in [0.25, 0.3) is 0 Å². The third-order valence-electron chi connectivity index (χ3n) is 3.63. The molecule has 1 aliphatic rings. The highest BCUT2D eigenvalue weighted by Crippen LogP contribution is 2.29. The molecule has 0 spiro atoms. The van der Waals surface area contributed by atoms with Gasteiger partial charge in [0.15, 0.2) is 0 Å². The molecule has 0 saturated carbocycles. The molecule has 1 aliphatic heterocycles. The first-order valence-corrected chi connectivity index (χ1v) is 7.02. The molecule has 0 aromatic heterocycles. The van der Waals surface area contributed by atoms with Crippen molar-refractivity contribution in [2.75, 3.05) is 11.9 Å². The van der Waals surface area contributed by atoms with Crippen LogP contribution in [0.4, 0.5) is 10.1 Å². The molecular weight excluding hydrogens is 253 g/mol. The number of ether oxygens (including phenoxy) is 1. The molecule has 0 fully saturated rings. The molecule has 1 atom stereocenters. The van der Waals surface area contributed by atoms with Gasteiger partial charge in [0.25, 0.3) is 0 Å². The van der Waals surface area contributed by atoms with Crippen LogP contribution >= 0.6 is 0 Å². The van der Waals surface area contributed by atoms with E-state index in [4.69, 9.17) is 4.74 Å². The summed E-state index contributed by atoms with van der Waals surface area (Å²) in [6, 6.07) is 13.1. The minimum absolute atomic E-state index is 0.0667. The van der Waals surface area contributed by atoms with Crippen LogP contribution in [0.3, 0.4) is 0 Å². The molecule has 1 heterocycles. The van der Waals surface area contributed by atoms with Crippen LogP contribution in [0.15, 0.2) is 42.5 Å². The number of benzene rings is 2. The lowest BCUT2D eigenvalue weighted by Crippen LogP contribution is -2.23. The van der Waals surface area contributed by atoms with Crippen LogP contribution in [0.5, 0.6) is 5.75 Å². The van der Waals surface area contributed by atoms with Crippen LogP contribution in [0, 0.1) is 5.82 Å². The lowest BCUT2D eigenvalue weighted by Gasteiger charge is -2.13. The van der Waals surface area contributed by atoms with E-state index in [0.29, 0.717) is 0 Å². The van der Waals surface area contributed by atoms with E-state index in [-0.39, 0.29) is 11.9 Å². The minimum atomic E-state index is -0.198. The molecule has 2 aromatic carbocycles. The second-order valence-corrected chi connectivity index (χ2v) is 5.13. The van der Waals surface area contributed by atoms with Gasteiger partial charge in [0, 0.05) is 17.7 Å². The Bertz CT molecular complexity index is 612. The van der Waals surface area contributed by atoms with E-state index in [0.717, 1.165) is 36.4 Å². The summed E-state index contributed by atoms with van der Waals surface area (Å²) >= 11 is 0. The van der Waals surface area contributed by atoms with Gasteiger partial charge in [0.1, 0.15) is 17.7 Å². The predicted octanol–water partition coefficient (Wildman–Crippen LogP) is 3.80. The van der Waals surface area contributed by atoms with Crippen molar-refractivity contribution < 1.29 is 9.13 Å². The number of hydrogen-bond acceptors (Lipinski definition) is 2. The quantitative estimate of drug-likeness (QED) is 0.913. The average Bonchev–Trinajstić information content (AvgIpc) is 2.87. The highest BCUT2D eigenvalue weighted by Gasteiger charge is 2.22. The molecule has 0 amide bonds. The fourth-order valence-electron chi connectivity index (χ4n) is 2.54. The second kappa shape index (κ2) is 5.53. The minimum Gasteiger partial charge on any atom is -0.488 e. The molecular formula is C17H18FNO. The number of fused-ring (bicyclic) bond motifs is 1. The Morgan fingerprint density at radius 3 is 3.00 bits per heavy atom. The molecule has 0 aliphatic carbocycles. The number of anilines is 1. The normalized spacial score (nSPS) is 16.6. The van der Waals surface area contributed by atoms with Crippen molar-refractivity contribution in [3.05, 3.63) is 59.4 Å². The van der Waals surface area contributed by atoms with Gasteiger partial charge >= 0.3 is 0 Å². The van der Waals surface area contributed by atoms with Crippen molar-refractivity contribution in [3.63, 3.8) is 0 Å². The maximum Gasteiger partial charge on any atom is 0.123 e. The number of halogens is 1. The summed E-state index contributed by atoms with van der Waals surface area (Å²) in [5, 5.41) is 3.39. The lowest BCUT2D eigenvalue weighted by molar-refractivity contribution is 0.246. The summed E-state index contributed by atoms with van der Waals surface area (Å²) < 4.78 is 19.0. The van der Waals surface area contributed by atoms with Crippen molar-refractivity contribution in [1.29, 1.82) is 0 Å². The molecule has 104 valence electrons. The second-order valence-electron chi connectivity index (χ2n) is 5.13. The van der Waals surface area contributed by atoms with E-state index < -0.39 is 0 Å². The van der Waals surface area contributed by atoms with Gasteiger partial charge in [-0.1, -0.05) is 19.1 Å². The van der Waals surface area contributed by atoms with Gasteiger partial charge in [-0.2, -0.15) is 0 Å². The summed E-state index contributed by atoms with van der Waals surface area (Å²) in [6.07, 6.45) is 1.85. The third-order valence-corrected chi connectivity index (χ3v) is 3.63. The summed E-state index contributed by atoms with van der Waals surface area (Å²) in [5.41, 5.74) is 3.38. The Balaban J connectivity index is 1.60. The summed E-state index contributed by atoms with van der Waals surface area (Å²) in [4.78, 5) is 0. The Kier molecular flexibility index (Phi) is 3.59. The van der Waals surface area contributed by atoms with E-state index in [1.807, 2.05) is 0 Å². The summed E-state index contributed by atoms with van der Waals surface area (Å²) in [5.74, 6) is 0.608. The topological polar surface area (TPSA) is 21.3 Å². The van der Waals surface area contributed by atoms with Gasteiger partial charge in [0.2, 0.25) is 0 Å². The van der Waals surface area contributed by atoms with Crippen molar-refractivity contribution >= 4 is 5.69 Å². The monoisotopic (exact) mass is 271 g/mol. The van der Waals surface area contributed by atoms with Crippen LogP contribution in [-0.4, -0.2) is 12.6 Å². The largest absolute Gasteiger partial charge is 0.488 e. The fraction of sp³-hybridized carbons (Fsp3) is 0.294. The third kappa shape index (κ3) is 2.77. The Morgan fingerprint density at radius 2 is 2.15 bits per heavy atom. The standard InChI is InChI=1S/C17H18FNO/c1-2-12-4-3-5-15(8-12)19-11-16-10-13-9-14(18)6-7-17(13)20-16/h3-9,16,19H,2,10-11H2,1H3. The number of rotatable bonds is 4. The molecule has 1 unspecified atom stereocenters. The Labute approximate surface area is 118 Å².